The van der Waals surface area contributed by atoms with Crippen LogP contribution in [0.2, 0.25) is 10.0 Å². The number of hydrogen-bond acceptors (Lipinski definition) is 3. The van der Waals surface area contributed by atoms with Crippen LogP contribution < -0.4 is 5.73 Å². The van der Waals surface area contributed by atoms with Crippen LogP contribution in [0.4, 0.5) is 0 Å². The molecule has 0 amide bonds. The summed E-state index contributed by atoms with van der Waals surface area (Å²) in [4.78, 5) is 2.34. The molecule has 3 N–H and O–H groups in total. The van der Waals surface area contributed by atoms with Gasteiger partial charge in [-0.15, -0.1) is 0 Å². The fourth-order valence-electron chi connectivity index (χ4n) is 2.48. The monoisotopic (exact) mass is 315 g/mol. The van der Waals surface area contributed by atoms with Crippen LogP contribution in [0.1, 0.15) is 25.3 Å². The highest BCUT2D eigenvalue weighted by Gasteiger charge is 2.34. The van der Waals surface area contributed by atoms with Crippen molar-refractivity contribution >= 4 is 29.0 Å². The molecule has 4 nitrogen and oxygen atoms in total. The van der Waals surface area contributed by atoms with Gasteiger partial charge in [0, 0.05) is 12.0 Å². The van der Waals surface area contributed by atoms with Gasteiger partial charge in [0.05, 0.1) is 10.0 Å². The van der Waals surface area contributed by atoms with E-state index < -0.39 is 0 Å². The zero-order valence-electron chi connectivity index (χ0n) is 11.4. The van der Waals surface area contributed by atoms with Crippen molar-refractivity contribution in [3.8, 4) is 0 Å². The molecule has 0 bridgehead atoms. The Hall–Kier alpha value is -0.970. The molecule has 0 radical (unpaired) electrons. The Labute approximate surface area is 129 Å². The summed E-state index contributed by atoms with van der Waals surface area (Å²) >= 11 is 11.9. The first kappa shape index (κ1) is 15.4. The summed E-state index contributed by atoms with van der Waals surface area (Å²) in [6, 6.07) is 5.72. The van der Waals surface area contributed by atoms with E-state index in [1.54, 1.807) is 0 Å². The molecular weight excluding hydrogens is 297 g/mol. The van der Waals surface area contributed by atoms with Crippen LogP contribution in [-0.2, 0) is 6.54 Å². The van der Waals surface area contributed by atoms with Crippen molar-refractivity contribution in [2.75, 3.05) is 13.1 Å². The fourth-order valence-corrected chi connectivity index (χ4v) is 2.80. The highest BCUT2D eigenvalue weighted by atomic mass is 35.5. The van der Waals surface area contributed by atoms with E-state index in [-0.39, 0.29) is 5.41 Å². The number of rotatable bonds is 3. The van der Waals surface area contributed by atoms with Gasteiger partial charge in [-0.25, -0.2) is 0 Å². The topological polar surface area (TPSA) is 61.9 Å². The third-order valence-electron chi connectivity index (χ3n) is 4.08. The Morgan fingerprint density at radius 2 is 2.00 bits per heavy atom. The van der Waals surface area contributed by atoms with Gasteiger partial charge < -0.3 is 10.9 Å². The van der Waals surface area contributed by atoms with Crippen molar-refractivity contribution in [1.82, 2.24) is 4.90 Å². The van der Waals surface area contributed by atoms with Crippen molar-refractivity contribution in [1.29, 1.82) is 0 Å². The van der Waals surface area contributed by atoms with Gasteiger partial charge in [0.1, 0.15) is 5.84 Å². The Morgan fingerprint density at radius 3 is 2.55 bits per heavy atom. The first-order chi connectivity index (χ1) is 9.44. The molecule has 1 heterocycles. The minimum absolute atomic E-state index is 0.205. The summed E-state index contributed by atoms with van der Waals surface area (Å²) in [7, 11) is 0. The van der Waals surface area contributed by atoms with Crippen LogP contribution in [0.3, 0.4) is 0 Å². The summed E-state index contributed by atoms with van der Waals surface area (Å²) in [6.45, 7) is 4.70. The maximum absolute atomic E-state index is 8.83. The van der Waals surface area contributed by atoms with E-state index >= 15 is 0 Å². The highest BCUT2D eigenvalue weighted by molar-refractivity contribution is 6.42. The summed E-state index contributed by atoms with van der Waals surface area (Å²) < 4.78 is 0. The number of likely N-dealkylation sites (tertiary alicyclic amines) is 1. The zero-order valence-corrected chi connectivity index (χ0v) is 13.0. The Bertz CT molecular complexity index is 511. The Kier molecular flexibility index (Phi) is 4.78. The molecule has 2 rings (SSSR count). The molecule has 20 heavy (non-hydrogen) atoms. The van der Waals surface area contributed by atoms with E-state index in [2.05, 4.69) is 10.1 Å². The van der Waals surface area contributed by atoms with Crippen LogP contribution in [0.15, 0.2) is 23.4 Å². The largest absolute Gasteiger partial charge is 0.409 e. The summed E-state index contributed by atoms with van der Waals surface area (Å²) in [5.74, 6) is 0.326. The van der Waals surface area contributed by atoms with Gasteiger partial charge in [0.15, 0.2) is 0 Å². The second kappa shape index (κ2) is 6.20. The second-order valence-corrected chi connectivity index (χ2v) is 6.38. The molecule has 1 aromatic rings. The molecule has 1 fully saturated rings. The van der Waals surface area contributed by atoms with E-state index in [1.165, 1.54) is 0 Å². The van der Waals surface area contributed by atoms with Crippen LogP contribution in [-0.4, -0.2) is 29.0 Å². The molecule has 0 aromatic heterocycles. The van der Waals surface area contributed by atoms with Crippen LogP contribution >= 0.6 is 23.2 Å². The van der Waals surface area contributed by atoms with Gasteiger partial charge in [-0.1, -0.05) is 41.3 Å². The van der Waals surface area contributed by atoms with Gasteiger partial charge in [0.2, 0.25) is 0 Å². The predicted molar refractivity (Wildman–Crippen MR) is 82.5 cm³/mol. The molecule has 110 valence electrons. The average Bonchev–Trinajstić information content (AvgIpc) is 2.44. The molecule has 0 atom stereocenters. The van der Waals surface area contributed by atoms with Crippen molar-refractivity contribution in [3.63, 3.8) is 0 Å². The molecule has 0 spiro atoms. The third kappa shape index (κ3) is 3.37. The molecule has 0 unspecified atom stereocenters. The smallest absolute Gasteiger partial charge is 0.145 e. The molecule has 1 saturated heterocycles. The Balaban J connectivity index is 1.96. The molecule has 1 aliphatic rings. The predicted octanol–water partition coefficient (Wildman–Crippen LogP) is 3.34. The fraction of sp³-hybridized carbons (Fsp3) is 0.500. The van der Waals surface area contributed by atoms with Gasteiger partial charge in [0.25, 0.3) is 0 Å². The number of hydrogen-bond donors (Lipinski definition) is 2. The van der Waals surface area contributed by atoms with Crippen molar-refractivity contribution in [2.24, 2.45) is 16.3 Å². The summed E-state index contributed by atoms with van der Waals surface area (Å²) in [6.07, 6.45) is 1.76. The lowest BCUT2D eigenvalue weighted by Gasteiger charge is -2.38. The van der Waals surface area contributed by atoms with Crippen LogP contribution in [0.25, 0.3) is 0 Å². The van der Waals surface area contributed by atoms with Gasteiger partial charge in [-0.2, -0.15) is 0 Å². The first-order valence-corrected chi connectivity index (χ1v) is 7.34. The summed E-state index contributed by atoms with van der Waals surface area (Å²) in [5, 5.41) is 13.2. The highest BCUT2D eigenvalue weighted by Crippen LogP contribution is 2.32. The lowest BCUT2D eigenvalue weighted by Crippen LogP contribution is -2.45. The van der Waals surface area contributed by atoms with E-state index in [4.69, 9.17) is 34.1 Å². The maximum Gasteiger partial charge on any atom is 0.145 e. The molecule has 6 heteroatoms. The number of nitrogens with two attached hydrogens (primary N) is 1. The first-order valence-electron chi connectivity index (χ1n) is 6.59. The van der Waals surface area contributed by atoms with E-state index in [9.17, 15) is 0 Å². The SMILES string of the molecule is CC1(/C(N)=N/O)CCN(Cc2ccc(Cl)c(Cl)c2)CC1. The second-order valence-electron chi connectivity index (χ2n) is 5.57. The number of nitrogens with zero attached hydrogens (tertiary/aromatic N) is 2. The number of oxime groups is 1. The van der Waals surface area contributed by atoms with E-state index in [1.807, 2.05) is 25.1 Å². The summed E-state index contributed by atoms with van der Waals surface area (Å²) in [5.41, 5.74) is 6.71. The van der Waals surface area contributed by atoms with Gasteiger partial charge >= 0.3 is 0 Å². The van der Waals surface area contributed by atoms with Gasteiger partial charge in [-0.3, -0.25) is 4.90 Å². The van der Waals surface area contributed by atoms with Crippen molar-refractivity contribution in [2.45, 2.75) is 26.3 Å². The molecule has 1 aliphatic heterocycles. The normalized spacial score (nSPS) is 20.1. The maximum atomic E-state index is 8.83. The molecule has 1 aromatic carbocycles. The average molecular weight is 316 g/mol. The lowest BCUT2D eigenvalue weighted by atomic mass is 9.79. The van der Waals surface area contributed by atoms with E-state index in [0.29, 0.717) is 15.9 Å². The van der Waals surface area contributed by atoms with Crippen molar-refractivity contribution in [3.05, 3.63) is 33.8 Å². The number of amidine groups is 1. The molecule has 0 aliphatic carbocycles. The zero-order chi connectivity index (χ0) is 14.8. The standard InChI is InChI=1S/C14H19Cl2N3O/c1-14(13(17)18-20)4-6-19(7-5-14)9-10-2-3-11(15)12(16)8-10/h2-3,8,20H,4-7,9H2,1H3,(H2,17,18). The number of benzene rings is 1. The van der Waals surface area contributed by atoms with Crippen LogP contribution in [0.5, 0.6) is 0 Å². The Morgan fingerprint density at radius 1 is 1.35 bits per heavy atom. The van der Waals surface area contributed by atoms with Gasteiger partial charge in [-0.05, 0) is 43.6 Å². The quantitative estimate of drug-likeness (QED) is 0.389. The van der Waals surface area contributed by atoms with E-state index in [0.717, 1.165) is 38.0 Å². The minimum Gasteiger partial charge on any atom is -0.409 e. The van der Waals surface area contributed by atoms with Crippen molar-refractivity contribution < 1.29 is 5.21 Å². The third-order valence-corrected chi connectivity index (χ3v) is 4.81. The van der Waals surface area contributed by atoms with Crippen LogP contribution in [0, 0.1) is 5.41 Å². The lowest BCUT2D eigenvalue weighted by molar-refractivity contribution is 0.153. The number of piperidine rings is 1. The number of halogens is 2. The molecular formula is C14H19Cl2N3O. The molecule has 0 saturated carbocycles. The minimum atomic E-state index is -0.205.